The molecule has 0 saturated heterocycles. The molecule has 0 bridgehead atoms. The fourth-order valence-electron chi connectivity index (χ4n) is 4.08. The van der Waals surface area contributed by atoms with Crippen LogP contribution in [0.3, 0.4) is 0 Å². The van der Waals surface area contributed by atoms with Crippen molar-refractivity contribution >= 4 is 51.3 Å². The Morgan fingerprint density at radius 1 is 1.21 bits per heavy atom. The molecule has 0 aliphatic heterocycles. The zero-order valence-corrected chi connectivity index (χ0v) is 22.4. The van der Waals surface area contributed by atoms with Crippen LogP contribution in [0.5, 0.6) is 0 Å². The SMILES string of the molecule is COC(=O)c1c(NC(=O)CSc2nnc(-c3csc(C(C)C)c3)n2C)sc2c1CCCCCC2. The van der Waals surface area contributed by atoms with Crippen molar-refractivity contribution in [2.75, 3.05) is 18.2 Å². The quantitative estimate of drug-likeness (QED) is 0.309. The Morgan fingerprint density at radius 2 is 1.97 bits per heavy atom. The maximum Gasteiger partial charge on any atom is 0.341 e. The molecule has 3 aromatic rings. The summed E-state index contributed by atoms with van der Waals surface area (Å²) in [6.45, 7) is 4.34. The number of nitrogens with one attached hydrogen (secondary N) is 1. The third-order valence-corrected chi connectivity index (χ3v) is 9.39. The molecule has 3 heterocycles. The summed E-state index contributed by atoms with van der Waals surface area (Å²) >= 11 is 4.57. The van der Waals surface area contributed by atoms with Gasteiger partial charge >= 0.3 is 5.97 Å². The van der Waals surface area contributed by atoms with E-state index >= 15 is 0 Å². The van der Waals surface area contributed by atoms with E-state index in [4.69, 9.17) is 4.74 Å². The number of aromatic nitrogens is 3. The first kappa shape index (κ1) is 24.9. The molecule has 1 aliphatic carbocycles. The number of esters is 1. The highest BCUT2D eigenvalue weighted by molar-refractivity contribution is 7.99. The molecule has 10 heteroatoms. The molecule has 0 spiro atoms. The molecule has 0 aromatic carbocycles. The number of thioether (sulfide) groups is 1. The molecular weight excluding hydrogens is 488 g/mol. The zero-order chi connectivity index (χ0) is 24.2. The topological polar surface area (TPSA) is 86.1 Å². The number of aryl methyl sites for hydroxylation is 1. The Bertz CT molecular complexity index is 1180. The number of nitrogens with zero attached hydrogens (tertiary/aromatic N) is 3. The van der Waals surface area contributed by atoms with Gasteiger partial charge in [-0.15, -0.1) is 32.9 Å². The standard InChI is InChI=1S/C24H30N4O3S3/c1-14(2)18-11-15(12-32-18)21-26-27-24(28(21)3)33-13-19(29)25-22-20(23(30)31-4)16-9-7-5-6-8-10-17(16)34-22/h11-12,14H,5-10,13H2,1-4H3,(H,25,29). The summed E-state index contributed by atoms with van der Waals surface area (Å²) in [4.78, 5) is 27.9. The van der Waals surface area contributed by atoms with E-state index in [1.807, 2.05) is 11.6 Å². The van der Waals surface area contributed by atoms with Gasteiger partial charge in [-0.3, -0.25) is 4.79 Å². The number of methoxy groups -OCH3 is 1. The third-order valence-electron chi connectivity index (χ3n) is 5.93. The van der Waals surface area contributed by atoms with Crippen LogP contribution in [-0.2, 0) is 29.4 Å². The van der Waals surface area contributed by atoms with E-state index in [9.17, 15) is 9.59 Å². The number of rotatable bonds is 7. The Labute approximate surface area is 212 Å². The van der Waals surface area contributed by atoms with E-state index in [2.05, 4.69) is 40.8 Å². The minimum Gasteiger partial charge on any atom is -0.465 e. The van der Waals surface area contributed by atoms with Gasteiger partial charge in [-0.25, -0.2) is 4.79 Å². The van der Waals surface area contributed by atoms with E-state index in [1.165, 1.54) is 46.4 Å². The summed E-state index contributed by atoms with van der Waals surface area (Å²) in [6, 6.07) is 2.15. The number of carbonyl (C=O) groups is 2. The maximum absolute atomic E-state index is 12.8. The summed E-state index contributed by atoms with van der Waals surface area (Å²) in [5, 5.41) is 15.0. The summed E-state index contributed by atoms with van der Waals surface area (Å²) in [7, 11) is 3.30. The Hall–Kier alpha value is -2.17. The highest BCUT2D eigenvalue weighted by Crippen LogP contribution is 2.38. The van der Waals surface area contributed by atoms with Crippen molar-refractivity contribution in [1.29, 1.82) is 0 Å². The smallest absolute Gasteiger partial charge is 0.341 e. The van der Waals surface area contributed by atoms with E-state index in [1.54, 1.807) is 11.3 Å². The molecule has 1 N–H and O–H groups in total. The fourth-order valence-corrected chi connectivity index (χ4v) is 6.99. The Morgan fingerprint density at radius 3 is 2.68 bits per heavy atom. The van der Waals surface area contributed by atoms with Crippen molar-refractivity contribution in [2.24, 2.45) is 7.05 Å². The van der Waals surface area contributed by atoms with Crippen LogP contribution in [0.2, 0.25) is 0 Å². The van der Waals surface area contributed by atoms with Crippen molar-refractivity contribution < 1.29 is 14.3 Å². The van der Waals surface area contributed by atoms with Crippen molar-refractivity contribution in [3.8, 4) is 11.4 Å². The van der Waals surface area contributed by atoms with E-state index in [-0.39, 0.29) is 17.6 Å². The lowest BCUT2D eigenvalue weighted by Crippen LogP contribution is -2.16. The molecule has 7 nitrogen and oxygen atoms in total. The number of ether oxygens (including phenoxy) is 1. The van der Waals surface area contributed by atoms with Crippen LogP contribution >= 0.6 is 34.4 Å². The van der Waals surface area contributed by atoms with E-state index in [0.717, 1.165) is 49.1 Å². The normalized spacial score (nSPS) is 13.9. The van der Waals surface area contributed by atoms with Gasteiger partial charge < -0.3 is 14.6 Å². The van der Waals surface area contributed by atoms with Crippen LogP contribution in [0, 0.1) is 0 Å². The lowest BCUT2D eigenvalue weighted by atomic mass is 9.96. The minimum atomic E-state index is -0.379. The molecule has 0 radical (unpaired) electrons. The third kappa shape index (κ3) is 5.39. The monoisotopic (exact) mass is 518 g/mol. The molecule has 0 saturated carbocycles. The molecule has 0 unspecified atom stereocenters. The number of amides is 1. The number of hydrogen-bond donors (Lipinski definition) is 1. The molecule has 34 heavy (non-hydrogen) atoms. The molecule has 4 rings (SSSR count). The summed E-state index contributed by atoms with van der Waals surface area (Å²) < 4.78 is 6.97. The predicted octanol–water partition coefficient (Wildman–Crippen LogP) is 5.90. The van der Waals surface area contributed by atoms with Gasteiger partial charge in [0.25, 0.3) is 0 Å². The Balaban J connectivity index is 1.46. The van der Waals surface area contributed by atoms with Gasteiger partial charge in [-0.1, -0.05) is 38.5 Å². The lowest BCUT2D eigenvalue weighted by molar-refractivity contribution is -0.113. The molecule has 1 aliphatic rings. The first-order chi connectivity index (χ1) is 16.4. The van der Waals surface area contributed by atoms with Crippen LogP contribution in [0.4, 0.5) is 5.00 Å². The van der Waals surface area contributed by atoms with Crippen molar-refractivity contribution in [3.05, 3.63) is 32.3 Å². The molecule has 182 valence electrons. The van der Waals surface area contributed by atoms with Gasteiger partial charge in [-0.2, -0.15) is 0 Å². The second-order valence-electron chi connectivity index (χ2n) is 8.71. The molecule has 0 fully saturated rings. The van der Waals surface area contributed by atoms with Crippen LogP contribution in [0.1, 0.15) is 71.1 Å². The predicted molar refractivity (Wildman–Crippen MR) is 139 cm³/mol. The van der Waals surface area contributed by atoms with Gasteiger partial charge in [-0.05, 0) is 43.2 Å². The number of fused-ring (bicyclic) bond motifs is 1. The second-order valence-corrected chi connectivity index (χ2v) is 11.7. The van der Waals surface area contributed by atoms with Gasteiger partial charge in [0, 0.05) is 27.7 Å². The largest absolute Gasteiger partial charge is 0.465 e. The van der Waals surface area contributed by atoms with Crippen molar-refractivity contribution in [1.82, 2.24) is 14.8 Å². The number of carbonyl (C=O) groups excluding carboxylic acids is 2. The molecule has 0 atom stereocenters. The highest BCUT2D eigenvalue weighted by atomic mass is 32.2. The number of anilines is 1. The summed E-state index contributed by atoms with van der Waals surface area (Å²) in [5.41, 5.74) is 2.62. The number of thiophene rings is 2. The lowest BCUT2D eigenvalue weighted by Gasteiger charge is -2.11. The first-order valence-electron chi connectivity index (χ1n) is 11.5. The number of hydrogen-bond acceptors (Lipinski definition) is 8. The fraction of sp³-hybridized carbons (Fsp3) is 0.500. The van der Waals surface area contributed by atoms with Crippen molar-refractivity contribution in [3.63, 3.8) is 0 Å². The van der Waals surface area contributed by atoms with E-state index in [0.29, 0.717) is 21.6 Å². The van der Waals surface area contributed by atoms with Crippen molar-refractivity contribution in [2.45, 2.75) is 63.4 Å². The minimum absolute atomic E-state index is 0.174. The van der Waals surface area contributed by atoms with Gasteiger partial charge in [0.15, 0.2) is 11.0 Å². The van der Waals surface area contributed by atoms with Crippen LogP contribution in [0.25, 0.3) is 11.4 Å². The molecular formula is C24H30N4O3S3. The van der Waals surface area contributed by atoms with Crippen LogP contribution in [0.15, 0.2) is 16.6 Å². The summed E-state index contributed by atoms with van der Waals surface area (Å²) in [5.74, 6) is 0.881. The Kier molecular flexibility index (Phi) is 8.10. The first-order valence-corrected chi connectivity index (χ1v) is 14.2. The highest BCUT2D eigenvalue weighted by Gasteiger charge is 2.26. The molecule has 3 aromatic heterocycles. The van der Waals surface area contributed by atoms with Gasteiger partial charge in [0.2, 0.25) is 5.91 Å². The summed E-state index contributed by atoms with van der Waals surface area (Å²) in [6.07, 6.45) is 6.31. The van der Waals surface area contributed by atoms with Gasteiger partial charge in [0.1, 0.15) is 5.00 Å². The zero-order valence-electron chi connectivity index (χ0n) is 20.0. The average Bonchev–Trinajstić information content (AvgIpc) is 3.50. The van der Waals surface area contributed by atoms with Crippen LogP contribution in [-0.4, -0.2) is 39.5 Å². The van der Waals surface area contributed by atoms with E-state index < -0.39 is 0 Å². The van der Waals surface area contributed by atoms with Crippen LogP contribution < -0.4 is 5.32 Å². The maximum atomic E-state index is 12.8. The second kappa shape index (κ2) is 11.0. The average molecular weight is 519 g/mol. The van der Waals surface area contributed by atoms with Gasteiger partial charge in [0.05, 0.1) is 18.4 Å². The molecule has 1 amide bonds.